The smallest absolute Gasteiger partial charge is 0.251 e. The number of hydrogen-bond donors (Lipinski definition) is 0. The Morgan fingerprint density at radius 1 is 1.11 bits per heavy atom. The van der Waals surface area contributed by atoms with E-state index in [0.717, 1.165) is 11.3 Å². The molecule has 5 nitrogen and oxygen atoms in total. The minimum atomic E-state index is -3.18. The van der Waals surface area contributed by atoms with Gasteiger partial charge in [-0.25, -0.2) is 8.42 Å². The van der Waals surface area contributed by atoms with E-state index in [2.05, 4.69) is 6.58 Å². The van der Waals surface area contributed by atoms with Gasteiger partial charge in [-0.15, -0.1) is 6.58 Å². The van der Waals surface area contributed by atoms with Gasteiger partial charge in [-0.3, -0.25) is 9.10 Å². The fourth-order valence-electron chi connectivity index (χ4n) is 3.00. The number of para-hydroxylation sites is 1. The Kier molecular flexibility index (Phi) is 5.76. The molecule has 6 heteroatoms. The molecule has 1 amide bonds. The minimum Gasteiger partial charge on any atom is -0.305 e. The Morgan fingerprint density at radius 3 is 2.41 bits per heavy atom. The lowest BCUT2D eigenvalue weighted by molar-refractivity contribution is -0.114. The lowest BCUT2D eigenvalue weighted by Gasteiger charge is -2.19. The largest absolute Gasteiger partial charge is 0.305 e. The van der Waals surface area contributed by atoms with E-state index in [-0.39, 0.29) is 11.7 Å². The van der Waals surface area contributed by atoms with Crippen LogP contribution < -0.4 is 9.21 Å². The van der Waals surface area contributed by atoms with Gasteiger partial charge < -0.3 is 4.90 Å². The van der Waals surface area contributed by atoms with Crippen molar-refractivity contribution in [2.24, 2.45) is 0 Å². The topological polar surface area (TPSA) is 57.7 Å². The molecule has 27 heavy (non-hydrogen) atoms. The SMILES string of the molecule is C=CCN(C(=O)/C=C/c1ccc(N2CCCS2(=O)=O)cc1)c1ccccc1. The number of rotatable bonds is 6. The van der Waals surface area contributed by atoms with Crippen molar-refractivity contribution in [3.63, 3.8) is 0 Å². The number of carbonyl (C=O) groups excluding carboxylic acids is 1. The summed E-state index contributed by atoms with van der Waals surface area (Å²) in [5, 5.41) is 0. The van der Waals surface area contributed by atoms with Crippen molar-refractivity contribution in [2.45, 2.75) is 6.42 Å². The van der Waals surface area contributed by atoms with Crippen LogP contribution in [0.15, 0.2) is 73.3 Å². The monoisotopic (exact) mass is 382 g/mol. The van der Waals surface area contributed by atoms with E-state index in [1.807, 2.05) is 42.5 Å². The molecule has 1 aliphatic heterocycles. The highest BCUT2D eigenvalue weighted by Gasteiger charge is 2.28. The molecule has 1 saturated heterocycles. The first kappa shape index (κ1) is 18.9. The molecule has 0 aliphatic carbocycles. The Hall–Kier alpha value is -2.86. The fourth-order valence-corrected chi connectivity index (χ4v) is 4.56. The Balaban J connectivity index is 1.73. The lowest BCUT2D eigenvalue weighted by atomic mass is 10.2. The van der Waals surface area contributed by atoms with Gasteiger partial charge in [-0.1, -0.05) is 36.4 Å². The van der Waals surface area contributed by atoms with Gasteiger partial charge in [0, 0.05) is 24.9 Å². The number of benzene rings is 2. The standard InChI is InChI=1S/C21H22N2O3S/c1-2-15-22(19-7-4-3-5-8-19)21(24)14-11-18-9-12-20(13-10-18)23-16-6-17-27(23,25)26/h2-5,7-14H,1,6,15-17H2/b14-11+. The molecular formula is C21H22N2O3S. The molecule has 0 aromatic heterocycles. The zero-order valence-electron chi connectivity index (χ0n) is 15.0. The Bertz CT molecular complexity index is 935. The Labute approximate surface area is 160 Å². The maximum atomic E-state index is 12.6. The average molecular weight is 382 g/mol. The molecule has 2 aromatic carbocycles. The third kappa shape index (κ3) is 4.46. The van der Waals surface area contributed by atoms with Crippen molar-refractivity contribution in [2.75, 3.05) is 28.0 Å². The van der Waals surface area contributed by atoms with Crippen molar-refractivity contribution in [1.82, 2.24) is 0 Å². The predicted octanol–water partition coefficient (Wildman–Crippen LogP) is 3.46. The van der Waals surface area contributed by atoms with Gasteiger partial charge in [0.1, 0.15) is 0 Å². The third-order valence-corrected chi connectivity index (χ3v) is 6.21. The number of hydrogen-bond acceptors (Lipinski definition) is 3. The molecule has 0 unspecified atom stereocenters. The number of sulfonamides is 1. The van der Waals surface area contributed by atoms with Crippen molar-refractivity contribution < 1.29 is 13.2 Å². The summed E-state index contributed by atoms with van der Waals surface area (Å²) in [5.41, 5.74) is 2.30. The molecule has 0 atom stereocenters. The van der Waals surface area contributed by atoms with E-state index in [9.17, 15) is 13.2 Å². The van der Waals surface area contributed by atoms with Crippen LogP contribution in [0.3, 0.4) is 0 Å². The van der Waals surface area contributed by atoms with Crippen LogP contribution in [0.4, 0.5) is 11.4 Å². The summed E-state index contributed by atoms with van der Waals surface area (Å²) in [4.78, 5) is 14.2. The van der Waals surface area contributed by atoms with E-state index in [4.69, 9.17) is 0 Å². The van der Waals surface area contributed by atoms with Gasteiger partial charge in [-0.05, 0) is 42.3 Å². The van der Waals surface area contributed by atoms with Crippen LogP contribution in [-0.4, -0.2) is 33.2 Å². The van der Waals surface area contributed by atoms with Crippen LogP contribution in [0.1, 0.15) is 12.0 Å². The number of nitrogens with zero attached hydrogens (tertiary/aromatic N) is 2. The molecule has 1 aliphatic rings. The highest BCUT2D eigenvalue weighted by Crippen LogP contribution is 2.24. The normalized spacial score (nSPS) is 15.8. The second-order valence-corrected chi connectivity index (χ2v) is 8.25. The highest BCUT2D eigenvalue weighted by atomic mass is 32.2. The number of carbonyl (C=O) groups is 1. The number of anilines is 2. The summed E-state index contributed by atoms with van der Waals surface area (Å²) in [7, 11) is -3.18. The van der Waals surface area contributed by atoms with Crippen molar-refractivity contribution in [3.05, 3.63) is 78.9 Å². The molecule has 0 spiro atoms. The van der Waals surface area contributed by atoms with E-state index in [0.29, 0.717) is 25.2 Å². The fraction of sp³-hybridized carbons (Fsp3) is 0.190. The maximum absolute atomic E-state index is 12.6. The van der Waals surface area contributed by atoms with Gasteiger partial charge in [0.15, 0.2) is 0 Å². The summed E-state index contributed by atoms with van der Waals surface area (Å²) in [6.45, 7) is 4.65. The van der Waals surface area contributed by atoms with Gasteiger partial charge >= 0.3 is 0 Å². The second kappa shape index (κ2) is 8.22. The zero-order chi connectivity index (χ0) is 19.3. The summed E-state index contributed by atoms with van der Waals surface area (Å²) < 4.78 is 25.4. The van der Waals surface area contributed by atoms with E-state index < -0.39 is 10.0 Å². The molecule has 1 fully saturated rings. The molecule has 0 N–H and O–H groups in total. The molecular weight excluding hydrogens is 360 g/mol. The lowest BCUT2D eigenvalue weighted by Crippen LogP contribution is -2.29. The zero-order valence-corrected chi connectivity index (χ0v) is 15.8. The van der Waals surface area contributed by atoms with Crippen LogP contribution in [0.2, 0.25) is 0 Å². The quantitative estimate of drug-likeness (QED) is 0.568. The van der Waals surface area contributed by atoms with Crippen LogP contribution in [0.25, 0.3) is 6.08 Å². The van der Waals surface area contributed by atoms with E-state index in [1.165, 1.54) is 10.4 Å². The van der Waals surface area contributed by atoms with Gasteiger partial charge in [0.05, 0.1) is 11.4 Å². The van der Waals surface area contributed by atoms with Crippen LogP contribution >= 0.6 is 0 Å². The molecule has 2 aromatic rings. The summed E-state index contributed by atoms with van der Waals surface area (Å²) in [6.07, 6.45) is 5.57. The molecule has 140 valence electrons. The minimum absolute atomic E-state index is 0.146. The van der Waals surface area contributed by atoms with Crippen LogP contribution in [-0.2, 0) is 14.8 Å². The Morgan fingerprint density at radius 2 is 1.81 bits per heavy atom. The molecule has 0 saturated carbocycles. The predicted molar refractivity (Wildman–Crippen MR) is 110 cm³/mol. The van der Waals surface area contributed by atoms with Gasteiger partial charge in [0.2, 0.25) is 10.0 Å². The first-order valence-electron chi connectivity index (χ1n) is 8.77. The first-order chi connectivity index (χ1) is 13.0. The summed E-state index contributed by atoms with van der Waals surface area (Å²) in [5.74, 6) is 0.0502. The molecule has 0 bridgehead atoms. The molecule has 1 heterocycles. The highest BCUT2D eigenvalue weighted by molar-refractivity contribution is 7.93. The van der Waals surface area contributed by atoms with Crippen molar-refractivity contribution in [1.29, 1.82) is 0 Å². The molecule has 3 rings (SSSR count). The van der Waals surface area contributed by atoms with E-state index in [1.54, 1.807) is 29.2 Å². The summed E-state index contributed by atoms with van der Waals surface area (Å²) >= 11 is 0. The van der Waals surface area contributed by atoms with Gasteiger partial charge in [0.25, 0.3) is 5.91 Å². The molecule has 0 radical (unpaired) electrons. The number of amides is 1. The average Bonchev–Trinajstić information content (AvgIpc) is 3.04. The van der Waals surface area contributed by atoms with E-state index >= 15 is 0 Å². The van der Waals surface area contributed by atoms with Crippen molar-refractivity contribution >= 4 is 33.4 Å². The van der Waals surface area contributed by atoms with Crippen LogP contribution in [0, 0.1) is 0 Å². The van der Waals surface area contributed by atoms with Crippen LogP contribution in [0.5, 0.6) is 0 Å². The summed E-state index contributed by atoms with van der Waals surface area (Å²) in [6, 6.07) is 16.6. The third-order valence-electron chi connectivity index (χ3n) is 4.34. The van der Waals surface area contributed by atoms with Crippen molar-refractivity contribution in [3.8, 4) is 0 Å². The van der Waals surface area contributed by atoms with Gasteiger partial charge in [-0.2, -0.15) is 0 Å². The second-order valence-electron chi connectivity index (χ2n) is 6.24. The maximum Gasteiger partial charge on any atom is 0.251 e. The first-order valence-corrected chi connectivity index (χ1v) is 10.4.